The standard InChI is InChI=1S/C25H30Cl2N2O2/c1-16(19-7-9-23(26)24(27)15-19)28-21-8-6-20(14-21)17-2-4-18(5-3-17)25(31)29-12-10-22(30)11-13-29/h2-5,7,9,15-16,20-22,28,30H,6,8,10-14H2,1H3/t16-,20+,21?/m1/s1. The summed E-state index contributed by atoms with van der Waals surface area (Å²) in [6, 6.07) is 14.6. The fourth-order valence-electron chi connectivity index (χ4n) is 4.82. The first kappa shape index (κ1) is 22.6. The molecule has 0 radical (unpaired) electrons. The van der Waals surface area contributed by atoms with Gasteiger partial charge >= 0.3 is 0 Å². The van der Waals surface area contributed by atoms with Crippen LogP contribution < -0.4 is 5.32 Å². The molecule has 2 N–H and O–H groups in total. The number of carbonyl (C=O) groups is 1. The number of hydrogen-bond acceptors (Lipinski definition) is 3. The highest BCUT2D eigenvalue weighted by Crippen LogP contribution is 2.36. The zero-order chi connectivity index (χ0) is 22.0. The van der Waals surface area contributed by atoms with Gasteiger partial charge < -0.3 is 15.3 Å². The highest BCUT2D eigenvalue weighted by Gasteiger charge is 2.28. The van der Waals surface area contributed by atoms with Gasteiger partial charge in [-0.2, -0.15) is 0 Å². The third-order valence-electron chi connectivity index (χ3n) is 6.74. The molecule has 31 heavy (non-hydrogen) atoms. The smallest absolute Gasteiger partial charge is 0.253 e. The summed E-state index contributed by atoms with van der Waals surface area (Å²) in [6.07, 6.45) is 4.43. The molecule has 2 aromatic rings. The lowest BCUT2D eigenvalue weighted by Crippen LogP contribution is -2.40. The number of likely N-dealkylation sites (tertiary alicyclic amines) is 1. The van der Waals surface area contributed by atoms with E-state index in [4.69, 9.17) is 23.2 Å². The number of aliphatic hydroxyl groups is 1. The van der Waals surface area contributed by atoms with Crippen molar-refractivity contribution in [2.75, 3.05) is 13.1 Å². The molecule has 6 heteroatoms. The Morgan fingerprint density at radius 1 is 1.03 bits per heavy atom. The molecule has 2 aromatic carbocycles. The van der Waals surface area contributed by atoms with Crippen molar-refractivity contribution in [1.29, 1.82) is 0 Å². The molecular formula is C25H30Cl2N2O2. The van der Waals surface area contributed by atoms with E-state index in [1.807, 2.05) is 35.2 Å². The van der Waals surface area contributed by atoms with E-state index < -0.39 is 0 Å². The van der Waals surface area contributed by atoms with Crippen molar-refractivity contribution in [2.45, 2.75) is 63.1 Å². The zero-order valence-corrected chi connectivity index (χ0v) is 19.4. The topological polar surface area (TPSA) is 52.6 Å². The molecule has 1 aliphatic carbocycles. The zero-order valence-electron chi connectivity index (χ0n) is 17.9. The van der Waals surface area contributed by atoms with Crippen LogP contribution in [0.3, 0.4) is 0 Å². The number of amides is 1. The summed E-state index contributed by atoms with van der Waals surface area (Å²) in [5.74, 6) is 0.577. The lowest BCUT2D eigenvalue weighted by atomic mass is 9.96. The van der Waals surface area contributed by atoms with Crippen LogP contribution in [0.25, 0.3) is 0 Å². The normalized spacial score (nSPS) is 23.2. The molecule has 1 aliphatic heterocycles. The Balaban J connectivity index is 1.32. The second-order valence-corrected chi connectivity index (χ2v) is 9.73. The van der Waals surface area contributed by atoms with Gasteiger partial charge in [-0.25, -0.2) is 0 Å². The van der Waals surface area contributed by atoms with Gasteiger partial charge in [0.25, 0.3) is 5.91 Å². The van der Waals surface area contributed by atoms with E-state index in [1.54, 1.807) is 0 Å². The highest BCUT2D eigenvalue weighted by atomic mass is 35.5. The maximum atomic E-state index is 12.7. The molecule has 3 atom stereocenters. The van der Waals surface area contributed by atoms with E-state index in [9.17, 15) is 9.90 Å². The van der Waals surface area contributed by atoms with Crippen molar-refractivity contribution in [3.8, 4) is 0 Å². The van der Waals surface area contributed by atoms with E-state index in [2.05, 4.69) is 24.4 Å². The molecule has 1 heterocycles. The number of halogens is 2. The van der Waals surface area contributed by atoms with Crippen LogP contribution in [0.15, 0.2) is 42.5 Å². The van der Waals surface area contributed by atoms with Crippen LogP contribution in [0.2, 0.25) is 10.0 Å². The molecule has 1 unspecified atom stereocenters. The molecule has 0 aromatic heterocycles. The van der Waals surface area contributed by atoms with Crippen molar-refractivity contribution in [2.24, 2.45) is 0 Å². The van der Waals surface area contributed by atoms with Gasteiger partial charge in [0.2, 0.25) is 0 Å². The summed E-state index contributed by atoms with van der Waals surface area (Å²) in [5.41, 5.74) is 3.18. The number of benzene rings is 2. The fraction of sp³-hybridized carbons (Fsp3) is 0.480. The number of carbonyl (C=O) groups excluding carboxylic acids is 1. The summed E-state index contributed by atoms with van der Waals surface area (Å²) in [7, 11) is 0. The molecule has 4 nitrogen and oxygen atoms in total. The number of rotatable bonds is 5. The molecule has 2 fully saturated rings. The monoisotopic (exact) mass is 460 g/mol. The Labute approximate surface area is 194 Å². The average molecular weight is 461 g/mol. The fourth-order valence-corrected chi connectivity index (χ4v) is 5.12. The number of piperidine rings is 1. The predicted octanol–water partition coefficient (Wildman–Crippen LogP) is 5.58. The largest absolute Gasteiger partial charge is 0.393 e. The Bertz CT molecular complexity index is 910. The van der Waals surface area contributed by atoms with Gasteiger partial charge in [-0.3, -0.25) is 4.79 Å². The number of hydrogen-bond donors (Lipinski definition) is 2. The van der Waals surface area contributed by atoms with Crippen molar-refractivity contribution in [1.82, 2.24) is 10.2 Å². The van der Waals surface area contributed by atoms with Crippen LogP contribution in [0.1, 0.15) is 72.5 Å². The number of aliphatic hydroxyl groups excluding tert-OH is 1. The first-order valence-electron chi connectivity index (χ1n) is 11.2. The summed E-state index contributed by atoms with van der Waals surface area (Å²) in [4.78, 5) is 14.6. The van der Waals surface area contributed by atoms with Gasteiger partial charge in [-0.15, -0.1) is 0 Å². The van der Waals surface area contributed by atoms with Gasteiger partial charge in [-0.1, -0.05) is 41.4 Å². The van der Waals surface area contributed by atoms with E-state index in [0.29, 0.717) is 47.9 Å². The Morgan fingerprint density at radius 2 is 1.74 bits per heavy atom. The van der Waals surface area contributed by atoms with E-state index in [-0.39, 0.29) is 18.1 Å². The van der Waals surface area contributed by atoms with Crippen molar-refractivity contribution >= 4 is 29.1 Å². The number of nitrogens with one attached hydrogen (secondary N) is 1. The third kappa shape index (κ3) is 5.43. The number of nitrogens with zero attached hydrogens (tertiary/aromatic N) is 1. The van der Waals surface area contributed by atoms with Crippen LogP contribution in [-0.4, -0.2) is 41.1 Å². The minimum Gasteiger partial charge on any atom is -0.393 e. The third-order valence-corrected chi connectivity index (χ3v) is 7.48. The Hall–Kier alpha value is -1.59. The van der Waals surface area contributed by atoms with Crippen molar-refractivity contribution in [3.05, 3.63) is 69.2 Å². The molecule has 1 saturated heterocycles. The van der Waals surface area contributed by atoms with Gasteiger partial charge in [0.05, 0.1) is 16.1 Å². The molecule has 0 bridgehead atoms. The summed E-state index contributed by atoms with van der Waals surface area (Å²) in [5, 5.41) is 14.6. The van der Waals surface area contributed by atoms with Crippen LogP contribution in [0.5, 0.6) is 0 Å². The second kappa shape index (κ2) is 9.91. The van der Waals surface area contributed by atoms with Crippen LogP contribution in [0, 0.1) is 0 Å². The lowest BCUT2D eigenvalue weighted by molar-refractivity contribution is 0.0546. The maximum absolute atomic E-state index is 12.7. The quantitative estimate of drug-likeness (QED) is 0.612. The average Bonchev–Trinajstić information content (AvgIpc) is 3.24. The van der Waals surface area contributed by atoms with Crippen molar-refractivity contribution in [3.63, 3.8) is 0 Å². The molecule has 166 valence electrons. The van der Waals surface area contributed by atoms with E-state index in [1.165, 1.54) is 5.56 Å². The Morgan fingerprint density at radius 3 is 2.42 bits per heavy atom. The summed E-state index contributed by atoms with van der Waals surface area (Å²) < 4.78 is 0. The summed E-state index contributed by atoms with van der Waals surface area (Å²) in [6.45, 7) is 3.43. The molecule has 0 spiro atoms. The molecule has 4 rings (SSSR count). The molecular weight excluding hydrogens is 431 g/mol. The maximum Gasteiger partial charge on any atom is 0.253 e. The van der Waals surface area contributed by atoms with E-state index >= 15 is 0 Å². The SMILES string of the molecule is C[C@@H](NC1CC[C@H](c2ccc(C(=O)N3CCC(O)CC3)cc2)C1)c1ccc(Cl)c(Cl)c1. The van der Waals surface area contributed by atoms with Gasteiger partial charge in [-0.05, 0) is 80.3 Å². The molecule has 2 aliphatic rings. The van der Waals surface area contributed by atoms with Gasteiger partial charge in [0.1, 0.15) is 0 Å². The van der Waals surface area contributed by atoms with E-state index in [0.717, 1.165) is 30.4 Å². The lowest BCUT2D eigenvalue weighted by Gasteiger charge is -2.29. The predicted molar refractivity (Wildman–Crippen MR) is 126 cm³/mol. The van der Waals surface area contributed by atoms with Crippen LogP contribution in [-0.2, 0) is 0 Å². The minimum atomic E-state index is -0.269. The van der Waals surface area contributed by atoms with Gasteiger partial charge in [0.15, 0.2) is 0 Å². The van der Waals surface area contributed by atoms with Gasteiger partial charge in [0, 0.05) is 30.7 Å². The highest BCUT2D eigenvalue weighted by molar-refractivity contribution is 6.42. The van der Waals surface area contributed by atoms with Crippen molar-refractivity contribution < 1.29 is 9.90 Å². The molecule has 1 amide bonds. The van der Waals surface area contributed by atoms with Crippen LogP contribution in [0.4, 0.5) is 0 Å². The van der Waals surface area contributed by atoms with Crippen LogP contribution >= 0.6 is 23.2 Å². The minimum absolute atomic E-state index is 0.0693. The molecule has 1 saturated carbocycles. The first-order valence-corrected chi connectivity index (χ1v) is 11.9. The first-order chi connectivity index (χ1) is 14.9. The second-order valence-electron chi connectivity index (χ2n) is 8.91. The summed E-state index contributed by atoms with van der Waals surface area (Å²) >= 11 is 12.2. The Kier molecular flexibility index (Phi) is 7.22.